The van der Waals surface area contributed by atoms with Crippen molar-refractivity contribution >= 4 is 5.97 Å². The highest BCUT2D eigenvalue weighted by Crippen LogP contribution is 2.21. The highest BCUT2D eigenvalue weighted by atomic mass is 19.3. The van der Waals surface area contributed by atoms with Crippen LogP contribution in [0.5, 0.6) is 0 Å². The van der Waals surface area contributed by atoms with Crippen molar-refractivity contribution in [2.45, 2.75) is 32.2 Å². The summed E-state index contributed by atoms with van der Waals surface area (Å²) in [4.78, 5) is 10.5. The first-order valence-corrected chi connectivity index (χ1v) is 4.34. The highest BCUT2D eigenvalue weighted by Gasteiger charge is 2.23. The average molecular weight is 220 g/mol. The Morgan fingerprint density at radius 2 is 2.27 bits per heavy atom. The van der Waals surface area contributed by atoms with E-state index in [1.165, 1.54) is 0 Å². The molecule has 1 aromatic heterocycles. The molecular weight excluding hydrogens is 210 g/mol. The standard InChI is InChI=1S/C7H10F2N4O2/c1-2-4(3-5(14)15)13-7(6(8)9)10-11-12-13/h4,6H,2-3H2,1H3,(H,14,15). The van der Waals surface area contributed by atoms with Crippen LogP contribution in [0.2, 0.25) is 0 Å². The van der Waals surface area contributed by atoms with E-state index in [1.807, 2.05) is 0 Å². The lowest BCUT2D eigenvalue weighted by molar-refractivity contribution is -0.138. The van der Waals surface area contributed by atoms with Crippen LogP contribution in [0.1, 0.15) is 38.1 Å². The molecule has 1 rings (SSSR count). The first-order chi connectivity index (χ1) is 7.06. The molecule has 8 heteroatoms. The Morgan fingerprint density at radius 3 is 2.73 bits per heavy atom. The third-order valence-electron chi connectivity index (χ3n) is 1.94. The smallest absolute Gasteiger partial charge is 0.305 e. The van der Waals surface area contributed by atoms with Gasteiger partial charge in [-0.2, -0.15) is 0 Å². The quantitative estimate of drug-likeness (QED) is 0.801. The summed E-state index contributed by atoms with van der Waals surface area (Å²) in [6, 6.07) is -0.638. The summed E-state index contributed by atoms with van der Waals surface area (Å²) in [5.74, 6) is -1.67. The number of carboxylic acids is 1. The van der Waals surface area contributed by atoms with Gasteiger partial charge in [-0.15, -0.1) is 5.10 Å². The van der Waals surface area contributed by atoms with Crippen LogP contribution >= 0.6 is 0 Å². The van der Waals surface area contributed by atoms with E-state index in [0.29, 0.717) is 6.42 Å². The summed E-state index contributed by atoms with van der Waals surface area (Å²) in [6.07, 6.45) is -2.71. The number of aromatic nitrogens is 4. The molecule has 0 radical (unpaired) electrons. The maximum absolute atomic E-state index is 12.4. The SMILES string of the molecule is CCC(CC(=O)O)n1nnnc1C(F)F. The van der Waals surface area contributed by atoms with Gasteiger partial charge >= 0.3 is 5.97 Å². The van der Waals surface area contributed by atoms with Gasteiger partial charge in [0.1, 0.15) is 0 Å². The van der Waals surface area contributed by atoms with Crippen molar-refractivity contribution in [2.75, 3.05) is 0 Å². The maximum atomic E-state index is 12.4. The van der Waals surface area contributed by atoms with Gasteiger partial charge in [0.05, 0.1) is 12.5 Å². The number of hydrogen-bond acceptors (Lipinski definition) is 4. The summed E-state index contributed by atoms with van der Waals surface area (Å²) in [7, 11) is 0. The molecule has 6 nitrogen and oxygen atoms in total. The second-order valence-electron chi connectivity index (χ2n) is 2.94. The van der Waals surface area contributed by atoms with Crippen molar-refractivity contribution in [3.05, 3.63) is 5.82 Å². The molecule has 1 heterocycles. The summed E-state index contributed by atoms with van der Waals surface area (Å²) in [5.41, 5.74) is 0. The Balaban J connectivity index is 2.91. The van der Waals surface area contributed by atoms with Crippen LogP contribution in [-0.4, -0.2) is 31.3 Å². The first-order valence-electron chi connectivity index (χ1n) is 4.34. The summed E-state index contributed by atoms with van der Waals surface area (Å²) in [6.45, 7) is 1.69. The Labute approximate surface area is 83.9 Å². The molecule has 0 aromatic carbocycles. The number of nitrogens with zero attached hydrogens (tertiary/aromatic N) is 4. The van der Waals surface area contributed by atoms with Gasteiger partial charge in [-0.25, -0.2) is 13.5 Å². The van der Waals surface area contributed by atoms with E-state index in [1.54, 1.807) is 6.92 Å². The van der Waals surface area contributed by atoms with Crippen LogP contribution in [0, 0.1) is 0 Å². The zero-order valence-corrected chi connectivity index (χ0v) is 7.97. The molecule has 0 aliphatic heterocycles. The molecule has 1 N–H and O–H groups in total. The topological polar surface area (TPSA) is 80.9 Å². The molecule has 0 aliphatic carbocycles. The Morgan fingerprint density at radius 1 is 1.60 bits per heavy atom. The predicted octanol–water partition coefficient (Wildman–Crippen LogP) is 1.04. The van der Waals surface area contributed by atoms with Gasteiger partial charge in [0.2, 0.25) is 5.82 Å². The molecular formula is C7H10F2N4O2. The number of carboxylic acid groups (broad SMARTS) is 1. The number of carbonyl (C=O) groups is 1. The van der Waals surface area contributed by atoms with Crippen molar-refractivity contribution in [1.82, 2.24) is 20.2 Å². The second kappa shape index (κ2) is 4.76. The lowest BCUT2D eigenvalue weighted by atomic mass is 10.1. The molecule has 0 spiro atoms. The fourth-order valence-corrected chi connectivity index (χ4v) is 1.21. The van der Waals surface area contributed by atoms with Crippen molar-refractivity contribution < 1.29 is 18.7 Å². The van der Waals surface area contributed by atoms with Gasteiger partial charge in [-0.1, -0.05) is 6.92 Å². The van der Waals surface area contributed by atoms with Crippen LogP contribution in [0.3, 0.4) is 0 Å². The van der Waals surface area contributed by atoms with Crippen LogP contribution in [0.4, 0.5) is 8.78 Å². The van der Waals surface area contributed by atoms with Crippen LogP contribution < -0.4 is 0 Å². The van der Waals surface area contributed by atoms with E-state index in [9.17, 15) is 13.6 Å². The summed E-state index contributed by atoms with van der Waals surface area (Å²) in [5, 5.41) is 18.2. The monoisotopic (exact) mass is 220 g/mol. The van der Waals surface area contributed by atoms with Gasteiger partial charge < -0.3 is 5.11 Å². The molecule has 0 aliphatic rings. The second-order valence-corrected chi connectivity index (χ2v) is 2.94. The molecule has 1 atom stereocenters. The molecule has 84 valence electrons. The van der Waals surface area contributed by atoms with Crippen LogP contribution in [0.15, 0.2) is 0 Å². The Kier molecular flexibility index (Phi) is 3.64. The number of aliphatic carboxylic acids is 1. The minimum Gasteiger partial charge on any atom is -0.481 e. The van der Waals surface area contributed by atoms with Crippen molar-refractivity contribution in [2.24, 2.45) is 0 Å². The number of tetrazole rings is 1. The van der Waals surface area contributed by atoms with E-state index in [2.05, 4.69) is 15.5 Å². The molecule has 0 saturated carbocycles. The molecule has 0 saturated heterocycles. The lowest BCUT2D eigenvalue weighted by Gasteiger charge is -2.13. The van der Waals surface area contributed by atoms with E-state index in [-0.39, 0.29) is 6.42 Å². The zero-order chi connectivity index (χ0) is 11.4. The zero-order valence-electron chi connectivity index (χ0n) is 7.97. The normalized spacial score (nSPS) is 13.1. The molecule has 0 amide bonds. The van der Waals surface area contributed by atoms with Gasteiger partial charge in [-0.3, -0.25) is 4.79 Å². The molecule has 0 bridgehead atoms. The van der Waals surface area contributed by atoms with Gasteiger partial charge in [0, 0.05) is 0 Å². The summed E-state index contributed by atoms with van der Waals surface area (Å²) >= 11 is 0. The average Bonchev–Trinajstić information content (AvgIpc) is 2.62. The number of halogens is 2. The predicted molar refractivity (Wildman–Crippen MR) is 44.4 cm³/mol. The molecule has 1 aromatic rings. The highest BCUT2D eigenvalue weighted by molar-refractivity contribution is 5.67. The Hall–Kier alpha value is -1.60. The van der Waals surface area contributed by atoms with Gasteiger partial charge in [0.25, 0.3) is 6.43 Å². The van der Waals surface area contributed by atoms with E-state index in [0.717, 1.165) is 4.68 Å². The largest absolute Gasteiger partial charge is 0.481 e. The van der Waals surface area contributed by atoms with Crippen LogP contribution in [0.25, 0.3) is 0 Å². The minimum absolute atomic E-state index is 0.277. The molecule has 0 fully saturated rings. The fraction of sp³-hybridized carbons (Fsp3) is 0.714. The van der Waals surface area contributed by atoms with Crippen LogP contribution in [-0.2, 0) is 4.79 Å². The number of alkyl halides is 2. The van der Waals surface area contributed by atoms with E-state index >= 15 is 0 Å². The number of hydrogen-bond donors (Lipinski definition) is 1. The van der Waals surface area contributed by atoms with Crippen molar-refractivity contribution in [3.8, 4) is 0 Å². The minimum atomic E-state index is -2.80. The van der Waals surface area contributed by atoms with Gasteiger partial charge in [-0.05, 0) is 16.8 Å². The molecule has 1 unspecified atom stereocenters. The number of rotatable bonds is 5. The van der Waals surface area contributed by atoms with Crippen molar-refractivity contribution in [3.63, 3.8) is 0 Å². The van der Waals surface area contributed by atoms with E-state index in [4.69, 9.17) is 5.11 Å². The van der Waals surface area contributed by atoms with Crippen molar-refractivity contribution in [1.29, 1.82) is 0 Å². The van der Waals surface area contributed by atoms with Gasteiger partial charge in [0.15, 0.2) is 0 Å². The fourth-order valence-electron chi connectivity index (χ4n) is 1.21. The maximum Gasteiger partial charge on any atom is 0.305 e. The van der Waals surface area contributed by atoms with E-state index < -0.39 is 24.3 Å². The lowest BCUT2D eigenvalue weighted by Crippen LogP contribution is -2.17. The Bertz CT molecular complexity index is 341. The third kappa shape index (κ3) is 2.67. The molecule has 15 heavy (non-hydrogen) atoms. The third-order valence-corrected chi connectivity index (χ3v) is 1.94. The first kappa shape index (κ1) is 11.5. The summed E-state index contributed by atoms with van der Waals surface area (Å²) < 4.78 is 25.6.